The van der Waals surface area contributed by atoms with Crippen LogP contribution >= 0.6 is 24.0 Å². The van der Waals surface area contributed by atoms with E-state index in [2.05, 4.69) is 53.1 Å². The molecule has 4 rings (SSSR count). The van der Waals surface area contributed by atoms with Crippen LogP contribution in [0.25, 0.3) is 0 Å². The highest BCUT2D eigenvalue weighted by molar-refractivity contribution is 14.0. The summed E-state index contributed by atoms with van der Waals surface area (Å²) in [4.78, 5) is 4.82. The fourth-order valence-electron chi connectivity index (χ4n) is 4.46. The molecule has 7 heteroatoms. The number of guanidine groups is 1. The Morgan fingerprint density at radius 1 is 1.31 bits per heavy atom. The van der Waals surface area contributed by atoms with Crippen LogP contribution in [0.1, 0.15) is 56.2 Å². The number of nitrogens with zero attached hydrogens (tertiary/aromatic N) is 3. The molecule has 1 aromatic carbocycles. The van der Waals surface area contributed by atoms with E-state index in [0.29, 0.717) is 0 Å². The molecule has 0 radical (unpaired) electrons. The Hall–Kier alpha value is -1.77. The quantitative estimate of drug-likeness (QED) is 0.364. The van der Waals surface area contributed by atoms with E-state index in [4.69, 9.17) is 9.73 Å². The highest BCUT2D eigenvalue weighted by atomic mass is 127. The van der Waals surface area contributed by atoms with Gasteiger partial charge in [-0.05, 0) is 50.7 Å². The van der Waals surface area contributed by atoms with Crippen LogP contribution in [0.3, 0.4) is 0 Å². The standard InChI is InChI=1S/C22H31N5O.HI/c1-3-23-21(24-13-10-17-15-25-27(2)16-17)26-19-14-22(11-6-7-12-22)28-20-9-5-4-8-18(19)20;/h4-5,8-9,15-16,19H,3,6-7,10-14H2,1-2H3,(H2,23,24,26);1H. The smallest absolute Gasteiger partial charge is 0.191 e. The van der Waals surface area contributed by atoms with Crippen LogP contribution in [0, 0.1) is 0 Å². The zero-order valence-electron chi connectivity index (χ0n) is 17.4. The predicted molar refractivity (Wildman–Crippen MR) is 127 cm³/mol. The van der Waals surface area contributed by atoms with E-state index in [0.717, 1.165) is 50.5 Å². The molecule has 2 aromatic rings. The molecule has 2 N–H and O–H groups in total. The van der Waals surface area contributed by atoms with E-state index in [9.17, 15) is 0 Å². The van der Waals surface area contributed by atoms with Gasteiger partial charge in [0.15, 0.2) is 5.96 Å². The van der Waals surface area contributed by atoms with Crippen molar-refractivity contribution >= 4 is 29.9 Å². The molecule has 0 saturated heterocycles. The highest BCUT2D eigenvalue weighted by Gasteiger charge is 2.43. The molecule has 2 aliphatic rings. The van der Waals surface area contributed by atoms with Crippen molar-refractivity contribution in [2.75, 3.05) is 13.1 Å². The fourth-order valence-corrected chi connectivity index (χ4v) is 4.46. The van der Waals surface area contributed by atoms with Gasteiger partial charge in [-0.25, -0.2) is 0 Å². The molecule has 158 valence electrons. The number of hydrogen-bond donors (Lipinski definition) is 2. The summed E-state index contributed by atoms with van der Waals surface area (Å²) in [5.41, 5.74) is 2.43. The second-order valence-electron chi connectivity index (χ2n) is 7.96. The van der Waals surface area contributed by atoms with Gasteiger partial charge in [0.25, 0.3) is 0 Å². The number of ether oxygens (including phenoxy) is 1. The maximum absolute atomic E-state index is 6.48. The van der Waals surface area contributed by atoms with E-state index in [1.807, 2.05) is 17.9 Å². The van der Waals surface area contributed by atoms with E-state index in [1.54, 1.807) is 0 Å². The first kappa shape index (κ1) is 21.9. The molecule has 1 atom stereocenters. The summed E-state index contributed by atoms with van der Waals surface area (Å²) < 4.78 is 8.32. The molecular weight excluding hydrogens is 477 g/mol. The Kier molecular flexibility index (Phi) is 7.43. The molecular formula is C22H32IN5O. The van der Waals surface area contributed by atoms with Crippen LogP contribution in [-0.4, -0.2) is 34.4 Å². The SMILES string of the molecule is CCNC(=NCCc1cnn(C)c1)NC1CC2(CCCC2)Oc2ccccc21.I. The summed E-state index contributed by atoms with van der Waals surface area (Å²) in [7, 11) is 1.94. The molecule has 1 spiro atoms. The summed E-state index contributed by atoms with van der Waals surface area (Å²) in [5.74, 6) is 1.90. The van der Waals surface area contributed by atoms with Crippen LogP contribution < -0.4 is 15.4 Å². The summed E-state index contributed by atoms with van der Waals surface area (Å²) in [6.45, 7) is 3.68. The number of rotatable bonds is 5. The Morgan fingerprint density at radius 3 is 2.83 bits per heavy atom. The van der Waals surface area contributed by atoms with Gasteiger partial charge >= 0.3 is 0 Å². The number of aliphatic imine (C=N–C) groups is 1. The monoisotopic (exact) mass is 509 g/mol. The van der Waals surface area contributed by atoms with Gasteiger partial charge in [-0.2, -0.15) is 5.10 Å². The van der Waals surface area contributed by atoms with Gasteiger partial charge in [-0.15, -0.1) is 24.0 Å². The summed E-state index contributed by atoms with van der Waals surface area (Å²) in [6, 6.07) is 8.66. The maximum Gasteiger partial charge on any atom is 0.191 e. The normalized spacial score (nSPS) is 19.9. The number of hydrogen-bond acceptors (Lipinski definition) is 3. The van der Waals surface area contributed by atoms with Gasteiger partial charge in [-0.1, -0.05) is 18.2 Å². The molecule has 6 nitrogen and oxygen atoms in total. The minimum atomic E-state index is -0.0148. The number of nitrogens with one attached hydrogen (secondary N) is 2. The first-order valence-corrected chi connectivity index (χ1v) is 10.5. The molecule has 2 heterocycles. The third-order valence-corrected chi connectivity index (χ3v) is 5.80. The second-order valence-corrected chi connectivity index (χ2v) is 7.96. The molecule has 0 amide bonds. The van der Waals surface area contributed by atoms with Crippen LogP contribution in [0.5, 0.6) is 5.75 Å². The molecule has 29 heavy (non-hydrogen) atoms. The van der Waals surface area contributed by atoms with Gasteiger partial charge < -0.3 is 15.4 Å². The zero-order chi connectivity index (χ0) is 19.4. The fraction of sp³-hybridized carbons (Fsp3) is 0.545. The lowest BCUT2D eigenvalue weighted by molar-refractivity contribution is 0.0396. The third kappa shape index (κ3) is 5.24. The molecule has 1 aliphatic heterocycles. The summed E-state index contributed by atoms with van der Waals surface area (Å²) >= 11 is 0. The van der Waals surface area contributed by atoms with E-state index in [1.165, 1.54) is 24.0 Å². The Bertz CT molecular complexity index is 828. The van der Waals surface area contributed by atoms with Crippen molar-refractivity contribution in [3.8, 4) is 5.75 Å². The van der Waals surface area contributed by atoms with Gasteiger partial charge in [-0.3, -0.25) is 9.67 Å². The van der Waals surface area contributed by atoms with E-state index in [-0.39, 0.29) is 35.6 Å². The Balaban J connectivity index is 0.00000240. The minimum absolute atomic E-state index is 0. The molecule has 0 bridgehead atoms. The van der Waals surface area contributed by atoms with Crippen molar-refractivity contribution in [2.45, 2.75) is 57.1 Å². The number of aryl methyl sites for hydroxylation is 1. The van der Waals surface area contributed by atoms with Crippen LogP contribution in [-0.2, 0) is 13.5 Å². The maximum atomic E-state index is 6.48. The lowest BCUT2D eigenvalue weighted by Crippen LogP contribution is -2.46. The zero-order valence-corrected chi connectivity index (χ0v) is 19.7. The van der Waals surface area contributed by atoms with Crippen LogP contribution in [0.4, 0.5) is 0 Å². The number of para-hydroxylation sites is 1. The first-order chi connectivity index (χ1) is 13.7. The van der Waals surface area contributed by atoms with Crippen molar-refractivity contribution in [3.63, 3.8) is 0 Å². The lowest BCUT2D eigenvalue weighted by atomic mass is 9.86. The second kappa shape index (κ2) is 9.82. The van der Waals surface area contributed by atoms with Crippen molar-refractivity contribution < 1.29 is 4.74 Å². The largest absolute Gasteiger partial charge is 0.487 e. The van der Waals surface area contributed by atoms with Crippen molar-refractivity contribution in [2.24, 2.45) is 12.0 Å². The van der Waals surface area contributed by atoms with Crippen LogP contribution in [0.15, 0.2) is 41.7 Å². The third-order valence-electron chi connectivity index (χ3n) is 5.80. The predicted octanol–water partition coefficient (Wildman–Crippen LogP) is 3.97. The average Bonchev–Trinajstić information content (AvgIpc) is 3.31. The molecule has 1 saturated carbocycles. The van der Waals surface area contributed by atoms with Gasteiger partial charge in [0.05, 0.1) is 12.2 Å². The van der Waals surface area contributed by atoms with E-state index < -0.39 is 0 Å². The number of halogens is 1. The number of aromatic nitrogens is 2. The molecule has 1 fully saturated rings. The van der Waals surface area contributed by atoms with Gasteiger partial charge in [0.1, 0.15) is 11.4 Å². The Morgan fingerprint density at radius 2 is 2.10 bits per heavy atom. The summed E-state index contributed by atoms with van der Waals surface area (Å²) in [5, 5.41) is 11.3. The first-order valence-electron chi connectivity index (χ1n) is 10.5. The topological polar surface area (TPSA) is 63.5 Å². The van der Waals surface area contributed by atoms with Gasteiger partial charge in [0, 0.05) is 38.3 Å². The van der Waals surface area contributed by atoms with Crippen LogP contribution in [0.2, 0.25) is 0 Å². The van der Waals surface area contributed by atoms with Crippen molar-refractivity contribution in [3.05, 3.63) is 47.8 Å². The van der Waals surface area contributed by atoms with Crippen molar-refractivity contribution in [1.29, 1.82) is 0 Å². The molecule has 1 unspecified atom stereocenters. The molecule has 1 aromatic heterocycles. The minimum Gasteiger partial charge on any atom is -0.487 e. The van der Waals surface area contributed by atoms with Gasteiger partial charge in [0.2, 0.25) is 0 Å². The van der Waals surface area contributed by atoms with E-state index >= 15 is 0 Å². The van der Waals surface area contributed by atoms with Crippen molar-refractivity contribution in [1.82, 2.24) is 20.4 Å². The number of fused-ring (bicyclic) bond motifs is 1. The average molecular weight is 509 g/mol. The lowest BCUT2D eigenvalue weighted by Gasteiger charge is -2.40. The summed E-state index contributed by atoms with van der Waals surface area (Å²) in [6.07, 6.45) is 10.7. The Labute approximate surface area is 190 Å². The number of benzene rings is 1. The molecule has 1 aliphatic carbocycles. The highest BCUT2D eigenvalue weighted by Crippen LogP contribution is 2.46.